The molecule has 0 atom stereocenters. The van der Waals surface area contributed by atoms with E-state index in [2.05, 4.69) is 4.90 Å². The van der Waals surface area contributed by atoms with Gasteiger partial charge in [-0.3, -0.25) is 19.8 Å². The van der Waals surface area contributed by atoms with Crippen molar-refractivity contribution >= 4 is 23.5 Å². The number of rotatable bonds is 6. The zero-order valence-corrected chi connectivity index (χ0v) is 17.1. The Morgan fingerprint density at radius 2 is 1.47 bits per heavy atom. The Labute approximate surface area is 183 Å². The Kier molecular flexibility index (Phi) is 9.11. The van der Waals surface area contributed by atoms with E-state index in [-0.39, 0.29) is 18.2 Å². The third-order valence-corrected chi connectivity index (χ3v) is 4.57. The highest BCUT2D eigenvalue weighted by Gasteiger charge is 2.21. The lowest BCUT2D eigenvalue weighted by Crippen LogP contribution is -2.49. The molecule has 32 heavy (non-hydrogen) atoms. The Bertz CT molecular complexity index is 914. The third kappa shape index (κ3) is 8.03. The van der Waals surface area contributed by atoms with Crippen molar-refractivity contribution in [2.45, 2.75) is 6.54 Å². The molecular weight excluding hydrogens is 422 g/mol. The highest BCUT2D eigenvalue weighted by atomic mass is 16.6. The summed E-state index contributed by atoms with van der Waals surface area (Å²) in [6, 6.07) is 15.9. The number of carbonyl (C=O) groups is 3. The van der Waals surface area contributed by atoms with Gasteiger partial charge in [-0.25, -0.2) is 9.59 Å². The Morgan fingerprint density at radius 3 is 1.97 bits per heavy atom. The molecule has 2 N–H and O–H groups in total. The minimum Gasteiger partial charge on any atom is -0.484 e. The summed E-state index contributed by atoms with van der Waals surface area (Å²) < 4.78 is 5.51. The summed E-state index contributed by atoms with van der Waals surface area (Å²) in [6.45, 7) is 3.63. The monoisotopic (exact) mass is 445 g/mol. The molecule has 1 aliphatic rings. The molecule has 2 aromatic rings. The number of para-hydroxylation sites is 1. The van der Waals surface area contributed by atoms with Gasteiger partial charge in [0.25, 0.3) is 11.6 Å². The van der Waals surface area contributed by atoms with E-state index in [1.807, 2.05) is 35.2 Å². The Morgan fingerprint density at radius 1 is 0.906 bits per heavy atom. The van der Waals surface area contributed by atoms with Crippen molar-refractivity contribution in [3.63, 3.8) is 0 Å². The summed E-state index contributed by atoms with van der Waals surface area (Å²) in [5, 5.41) is 25.5. The number of non-ortho nitro benzene ring substituents is 1. The first kappa shape index (κ1) is 24.3. The molecule has 1 fully saturated rings. The van der Waals surface area contributed by atoms with Gasteiger partial charge in [-0.2, -0.15) is 0 Å². The third-order valence-electron chi connectivity index (χ3n) is 4.57. The van der Waals surface area contributed by atoms with Crippen LogP contribution in [0.25, 0.3) is 0 Å². The average molecular weight is 445 g/mol. The van der Waals surface area contributed by atoms with E-state index in [9.17, 15) is 14.9 Å². The minimum absolute atomic E-state index is 0.0103. The molecule has 1 aliphatic heterocycles. The Balaban J connectivity index is 0.000000534. The number of hydrogen-bond acceptors (Lipinski definition) is 7. The van der Waals surface area contributed by atoms with Gasteiger partial charge in [0, 0.05) is 44.9 Å². The first-order valence-corrected chi connectivity index (χ1v) is 9.64. The van der Waals surface area contributed by atoms with Crippen molar-refractivity contribution in [3.05, 3.63) is 70.3 Å². The number of amides is 1. The lowest BCUT2D eigenvalue weighted by molar-refractivity contribution is -0.384. The number of nitro benzene ring substituents is 1. The maximum atomic E-state index is 12.3. The molecule has 0 aromatic heterocycles. The summed E-state index contributed by atoms with van der Waals surface area (Å²) in [5.74, 6) is -2.97. The summed E-state index contributed by atoms with van der Waals surface area (Å²) in [5.41, 5.74) is 1.13. The number of carbonyl (C=O) groups excluding carboxylic acids is 1. The van der Waals surface area contributed by atoms with Crippen LogP contribution in [0.3, 0.4) is 0 Å². The van der Waals surface area contributed by atoms with Gasteiger partial charge in [0.05, 0.1) is 4.92 Å². The number of hydrogen-bond donors (Lipinski definition) is 2. The van der Waals surface area contributed by atoms with Crippen molar-refractivity contribution in [3.8, 4) is 5.75 Å². The lowest BCUT2D eigenvalue weighted by atomic mass is 10.2. The highest BCUT2D eigenvalue weighted by Crippen LogP contribution is 2.15. The zero-order chi connectivity index (χ0) is 23.5. The van der Waals surface area contributed by atoms with Crippen LogP contribution in [-0.2, 0) is 20.9 Å². The van der Waals surface area contributed by atoms with Gasteiger partial charge in [-0.05, 0) is 17.7 Å². The van der Waals surface area contributed by atoms with Gasteiger partial charge in [0.2, 0.25) is 0 Å². The molecule has 2 aromatic carbocycles. The largest absolute Gasteiger partial charge is 0.484 e. The van der Waals surface area contributed by atoms with Crippen LogP contribution in [0.5, 0.6) is 5.75 Å². The van der Waals surface area contributed by atoms with Gasteiger partial charge < -0.3 is 19.8 Å². The SMILES string of the molecule is O=C(COc1ccccc1)N1CCN(Cc2ccc([N+](=O)[O-])cc2)CC1.O=C(O)C(=O)O. The molecule has 0 radical (unpaired) electrons. The number of ether oxygens (including phenoxy) is 1. The number of nitro groups is 1. The molecule has 0 aliphatic carbocycles. The van der Waals surface area contributed by atoms with Crippen LogP contribution >= 0.6 is 0 Å². The smallest absolute Gasteiger partial charge is 0.414 e. The van der Waals surface area contributed by atoms with Crippen LogP contribution in [0.1, 0.15) is 5.56 Å². The van der Waals surface area contributed by atoms with Crippen molar-refractivity contribution in [1.29, 1.82) is 0 Å². The normalized spacial score (nSPS) is 13.4. The topological polar surface area (TPSA) is 151 Å². The number of nitrogens with zero attached hydrogens (tertiary/aromatic N) is 3. The van der Waals surface area contributed by atoms with E-state index < -0.39 is 16.9 Å². The summed E-state index contributed by atoms with van der Waals surface area (Å²) >= 11 is 0. The van der Waals surface area contributed by atoms with Gasteiger partial charge >= 0.3 is 11.9 Å². The standard InChI is InChI=1S/C19H21N3O4.C2H2O4/c23-19(15-26-18-4-2-1-3-5-18)21-12-10-20(11-13-21)14-16-6-8-17(9-7-16)22(24)25;3-1(4)2(5)6/h1-9H,10-15H2;(H,3,4)(H,5,6). The first-order valence-electron chi connectivity index (χ1n) is 9.64. The van der Waals surface area contributed by atoms with Gasteiger partial charge in [-0.15, -0.1) is 0 Å². The molecule has 1 heterocycles. The van der Waals surface area contributed by atoms with Crippen LogP contribution in [0.2, 0.25) is 0 Å². The fourth-order valence-electron chi connectivity index (χ4n) is 2.89. The minimum atomic E-state index is -1.82. The fourth-order valence-corrected chi connectivity index (χ4v) is 2.89. The van der Waals surface area contributed by atoms with Crippen LogP contribution < -0.4 is 4.74 Å². The molecular formula is C21H23N3O8. The number of benzene rings is 2. The van der Waals surface area contributed by atoms with Gasteiger partial charge in [0.15, 0.2) is 6.61 Å². The lowest BCUT2D eigenvalue weighted by Gasteiger charge is -2.34. The molecule has 0 saturated carbocycles. The maximum Gasteiger partial charge on any atom is 0.414 e. The molecule has 3 rings (SSSR count). The molecule has 0 unspecified atom stereocenters. The molecule has 0 spiro atoms. The number of carboxylic acid groups (broad SMARTS) is 2. The van der Waals surface area contributed by atoms with Gasteiger partial charge in [0.1, 0.15) is 5.75 Å². The van der Waals surface area contributed by atoms with Crippen LogP contribution in [0.4, 0.5) is 5.69 Å². The van der Waals surface area contributed by atoms with Crippen molar-refractivity contribution < 1.29 is 34.3 Å². The molecule has 1 saturated heterocycles. The second-order valence-electron chi connectivity index (χ2n) is 6.79. The van der Waals surface area contributed by atoms with Crippen molar-refractivity contribution in [2.75, 3.05) is 32.8 Å². The van der Waals surface area contributed by atoms with E-state index in [0.29, 0.717) is 18.8 Å². The predicted molar refractivity (Wildman–Crippen MR) is 112 cm³/mol. The van der Waals surface area contributed by atoms with E-state index in [1.54, 1.807) is 12.1 Å². The molecule has 11 heteroatoms. The van der Waals surface area contributed by atoms with E-state index in [1.165, 1.54) is 12.1 Å². The van der Waals surface area contributed by atoms with Crippen molar-refractivity contribution in [1.82, 2.24) is 9.80 Å². The average Bonchev–Trinajstić information content (AvgIpc) is 2.79. The summed E-state index contributed by atoms with van der Waals surface area (Å²) in [7, 11) is 0. The number of piperazine rings is 1. The second kappa shape index (κ2) is 12.0. The summed E-state index contributed by atoms with van der Waals surface area (Å²) in [6.07, 6.45) is 0. The van der Waals surface area contributed by atoms with E-state index in [4.69, 9.17) is 24.5 Å². The van der Waals surface area contributed by atoms with Gasteiger partial charge in [-0.1, -0.05) is 30.3 Å². The fraction of sp³-hybridized carbons (Fsp3) is 0.286. The van der Waals surface area contributed by atoms with E-state index >= 15 is 0 Å². The van der Waals surface area contributed by atoms with Crippen LogP contribution in [0, 0.1) is 10.1 Å². The van der Waals surface area contributed by atoms with E-state index in [0.717, 1.165) is 25.2 Å². The molecule has 170 valence electrons. The van der Waals surface area contributed by atoms with Crippen molar-refractivity contribution in [2.24, 2.45) is 0 Å². The number of aliphatic carboxylic acids is 2. The van der Waals surface area contributed by atoms with Crippen LogP contribution in [-0.4, -0.2) is 75.6 Å². The summed E-state index contributed by atoms with van der Waals surface area (Å²) in [4.78, 5) is 44.8. The maximum absolute atomic E-state index is 12.3. The molecule has 1 amide bonds. The number of carboxylic acids is 2. The second-order valence-corrected chi connectivity index (χ2v) is 6.79. The highest BCUT2D eigenvalue weighted by molar-refractivity contribution is 6.27. The zero-order valence-electron chi connectivity index (χ0n) is 17.1. The quantitative estimate of drug-likeness (QED) is 0.383. The molecule has 11 nitrogen and oxygen atoms in total. The molecule has 0 bridgehead atoms. The first-order chi connectivity index (χ1) is 15.3. The Hall–Kier alpha value is -3.99. The predicted octanol–water partition coefficient (Wildman–Crippen LogP) is 1.47. The van der Waals surface area contributed by atoms with Crippen LogP contribution in [0.15, 0.2) is 54.6 Å².